The van der Waals surface area contributed by atoms with E-state index in [-0.39, 0.29) is 6.04 Å². The Morgan fingerprint density at radius 3 is 2.52 bits per heavy atom. The van der Waals surface area contributed by atoms with Crippen LogP contribution in [0.25, 0.3) is 0 Å². The van der Waals surface area contributed by atoms with Crippen LogP contribution in [0.3, 0.4) is 0 Å². The molecule has 0 aliphatic heterocycles. The molecule has 0 amide bonds. The highest BCUT2D eigenvalue weighted by molar-refractivity contribution is 6.32. The van der Waals surface area contributed by atoms with E-state index in [9.17, 15) is 0 Å². The number of hydrogen-bond donors (Lipinski definition) is 1. The van der Waals surface area contributed by atoms with Crippen molar-refractivity contribution in [1.29, 1.82) is 0 Å². The molecule has 0 radical (unpaired) electrons. The summed E-state index contributed by atoms with van der Waals surface area (Å²) in [5, 5.41) is 0.691. The molecule has 0 heterocycles. The summed E-state index contributed by atoms with van der Waals surface area (Å²) in [5.74, 6) is 2.31. The summed E-state index contributed by atoms with van der Waals surface area (Å²) < 4.78 is 11.8. The molecule has 1 atom stereocenters. The van der Waals surface area contributed by atoms with Gasteiger partial charge in [0.25, 0.3) is 0 Å². The first-order valence-electron chi connectivity index (χ1n) is 8.93. The fraction of sp³-hybridized carbons (Fsp3) is 0.684. The molecule has 2 aliphatic carbocycles. The topological polar surface area (TPSA) is 44.5 Å². The fourth-order valence-corrected chi connectivity index (χ4v) is 2.97. The Morgan fingerprint density at radius 2 is 1.87 bits per heavy atom. The molecule has 23 heavy (non-hydrogen) atoms. The number of nitrogens with two attached hydrogens (primary N) is 1. The Kier molecular flexibility index (Phi) is 5.84. The van der Waals surface area contributed by atoms with Crippen molar-refractivity contribution in [2.24, 2.45) is 17.6 Å². The van der Waals surface area contributed by atoms with Crippen LogP contribution in [0.5, 0.6) is 5.75 Å². The lowest BCUT2D eigenvalue weighted by Gasteiger charge is -2.17. The number of benzene rings is 1. The van der Waals surface area contributed by atoms with Gasteiger partial charge in [-0.15, -0.1) is 0 Å². The van der Waals surface area contributed by atoms with E-state index >= 15 is 0 Å². The molecule has 0 aromatic heterocycles. The summed E-state index contributed by atoms with van der Waals surface area (Å²) in [6, 6.07) is 4.28. The van der Waals surface area contributed by atoms with Gasteiger partial charge in [-0.25, -0.2) is 0 Å². The van der Waals surface area contributed by atoms with Crippen LogP contribution in [0.15, 0.2) is 12.1 Å². The quantitative estimate of drug-likeness (QED) is 0.691. The minimum atomic E-state index is 0.136. The van der Waals surface area contributed by atoms with Gasteiger partial charge in [0.1, 0.15) is 5.75 Å². The maximum absolute atomic E-state index is 6.50. The lowest BCUT2D eigenvalue weighted by Crippen LogP contribution is -2.22. The van der Waals surface area contributed by atoms with Crippen LogP contribution in [0.4, 0.5) is 0 Å². The largest absolute Gasteiger partial charge is 0.491 e. The fourth-order valence-electron chi connectivity index (χ4n) is 2.65. The van der Waals surface area contributed by atoms with Crippen LogP contribution in [-0.2, 0) is 17.8 Å². The molecule has 0 bridgehead atoms. The van der Waals surface area contributed by atoms with E-state index < -0.39 is 0 Å². The van der Waals surface area contributed by atoms with Gasteiger partial charge in [-0.2, -0.15) is 0 Å². The van der Waals surface area contributed by atoms with Crippen molar-refractivity contribution < 1.29 is 9.47 Å². The minimum Gasteiger partial charge on any atom is -0.491 e. The van der Waals surface area contributed by atoms with Crippen LogP contribution in [0, 0.1) is 11.8 Å². The van der Waals surface area contributed by atoms with E-state index in [0.717, 1.165) is 48.8 Å². The summed E-state index contributed by atoms with van der Waals surface area (Å²) in [5.41, 5.74) is 8.40. The van der Waals surface area contributed by atoms with Crippen molar-refractivity contribution in [3.8, 4) is 5.75 Å². The zero-order valence-corrected chi connectivity index (χ0v) is 14.8. The van der Waals surface area contributed by atoms with Gasteiger partial charge in [0.05, 0.1) is 18.2 Å². The minimum absolute atomic E-state index is 0.136. The van der Waals surface area contributed by atoms with Gasteiger partial charge < -0.3 is 15.2 Å². The third kappa shape index (κ3) is 5.37. The molecular formula is C19H28ClNO2. The highest BCUT2D eigenvalue weighted by Crippen LogP contribution is 2.35. The second-order valence-electron chi connectivity index (χ2n) is 7.15. The predicted molar refractivity (Wildman–Crippen MR) is 94.0 cm³/mol. The highest BCUT2D eigenvalue weighted by Gasteiger charge is 2.24. The smallest absolute Gasteiger partial charge is 0.141 e. The summed E-state index contributed by atoms with van der Waals surface area (Å²) in [6.07, 6.45) is 6.91. The van der Waals surface area contributed by atoms with Crippen LogP contribution < -0.4 is 10.5 Å². The zero-order chi connectivity index (χ0) is 16.2. The molecule has 2 saturated carbocycles. The van der Waals surface area contributed by atoms with E-state index in [0.29, 0.717) is 17.5 Å². The van der Waals surface area contributed by atoms with Gasteiger partial charge in [-0.1, -0.05) is 18.5 Å². The van der Waals surface area contributed by atoms with Crippen molar-refractivity contribution >= 4 is 11.6 Å². The molecule has 4 heteroatoms. The van der Waals surface area contributed by atoms with E-state index in [1.807, 2.05) is 6.07 Å². The van der Waals surface area contributed by atoms with E-state index in [1.165, 1.54) is 25.7 Å². The zero-order valence-electron chi connectivity index (χ0n) is 14.0. The molecule has 2 aliphatic rings. The number of ether oxygens (including phenoxy) is 2. The normalized spacial score (nSPS) is 18.9. The molecule has 128 valence electrons. The summed E-state index contributed by atoms with van der Waals surface area (Å²) in [6.45, 7) is 4.36. The second kappa shape index (κ2) is 7.87. The summed E-state index contributed by atoms with van der Waals surface area (Å²) >= 11 is 6.50. The summed E-state index contributed by atoms with van der Waals surface area (Å²) in [4.78, 5) is 0. The standard InChI is InChI=1S/C19H28ClNO2/c1-2-17(21)9-16-7-15(11-22-10-13-3-4-13)8-18(20)19(16)23-12-14-5-6-14/h7-8,13-14,17H,2-6,9-12,21H2,1H3. The number of halogens is 1. The molecular weight excluding hydrogens is 310 g/mol. The Balaban J connectivity index is 1.69. The molecule has 0 saturated heterocycles. The molecule has 3 nitrogen and oxygen atoms in total. The molecule has 0 spiro atoms. The third-order valence-corrected chi connectivity index (χ3v) is 4.95. The average molecular weight is 338 g/mol. The molecule has 1 aromatic rings. The van der Waals surface area contributed by atoms with Crippen molar-refractivity contribution in [1.82, 2.24) is 0 Å². The van der Waals surface area contributed by atoms with Crippen molar-refractivity contribution in [3.63, 3.8) is 0 Å². The monoisotopic (exact) mass is 337 g/mol. The third-order valence-electron chi connectivity index (χ3n) is 4.67. The van der Waals surface area contributed by atoms with Gasteiger partial charge in [-0.3, -0.25) is 0 Å². The molecule has 1 aromatic carbocycles. The Labute approximate surface area is 144 Å². The van der Waals surface area contributed by atoms with Crippen molar-refractivity contribution in [2.75, 3.05) is 13.2 Å². The first-order chi connectivity index (χ1) is 11.2. The first-order valence-corrected chi connectivity index (χ1v) is 9.31. The van der Waals surface area contributed by atoms with Crippen LogP contribution in [0.2, 0.25) is 5.02 Å². The second-order valence-corrected chi connectivity index (χ2v) is 7.56. The lowest BCUT2D eigenvalue weighted by molar-refractivity contribution is 0.111. The van der Waals surface area contributed by atoms with Gasteiger partial charge >= 0.3 is 0 Å². The van der Waals surface area contributed by atoms with Crippen LogP contribution in [0.1, 0.15) is 50.2 Å². The maximum atomic E-state index is 6.50. The van der Waals surface area contributed by atoms with Gasteiger partial charge in [0, 0.05) is 12.6 Å². The van der Waals surface area contributed by atoms with Crippen LogP contribution >= 0.6 is 11.6 Å². The van der Waals surface area contributed by atoms with Gasteiger partial charge in [0.15, 0.2) is 0 Å². The lowest BCUT2D eigenvalue weighted by atomic mass is 10.0. The Bertz CT molecular complexity index is 526. The SMILES string of the molecule is CCC(N)Cc1cc(COCC2CC2)cc(Cl)c1OCC1CC1. The molecule has 2 fully saturated rings. The van der Waals surface area contributed by atoms with Gasteiger partial charge in [-0.05, 0) is 73.6 Å². The average Bonchev–Trinajstić information content (AvgIpc) is 3.41. The molecule has 2 N–H and O–H groups in total. The van der Waals surface area contributed by atoms with E-state index in [1.54, 1.807) is 0 Å². The maximum Gasteiger partial charge on any atom is 0.141 e. The number of rotatable bonds is 10. The van der Waals surface area contributed by atoms with Crippen molar-refractivity contribution in [3.05, 3.63) is 28.3 Å². The Morgan fingerprint density at radius 1 is 1.17 bits per heavy atom. The van der Waals surface area contributed by atoms with Gasteiger partial charge in [0.2, 0.25) is 0 Å². The van der Waals surface area contributed by atoms with E-state index in [4.69, 9.17) is 26.8 Å². The first kappa shape index (κ1) is 17.1. The highest BCUT2D eigenvalue weighted by atomic mass is 35.5. The molecule has 1 unspecified atom stereocenters. The van der Waals surface area contributed by atoms with E-state index in [2.05, 4.69) is 13.0 Å². The Hall–Kier alpha value is -0.770. The predicted octanol–water partition coefficient (Wildman–Crippen LogP) is 4.34. The summed E-state index contributed by atoms with van der Waals surface area (Å²) in [7, 11) is 0. The van der Waals surface area contributed by atoms with Crippen molar-refractivity contribution in [2.45, 2.75) is 58.1 Å². The number of hydrogen-bond acceptors (Lipinski definition) is 3. The molecule has 3 rings (SSSR count). The van der Waals surface area contributed by atoms with Crippen LogP contribution in [-0.4, -0.2) is 19.3 Å².